The van der Waals surface area contributed by atoms with Crippen LogP contribution in [0.5, 0.6) is 0 Å². The second-order valence-corrected chi connectivity index (χ2v) is 13.7. The van der Waals surface area contributed by atoms with E-state index in [1.54, 1.807) is 0 Å². The molecule has 4 nitrogen and oxygen atoms in total. The van der Waals surface area contributed by atoms with Crippen LogP contribution in [0.1, 0.15) is 142 Å². The molecular weight excluding hydrogens is 502 g/mol. The Morgan fingerprint density at radius 2 is 1.08 bits per heavy atom. The molecule has 2 aromatic rings. The molecule has 0 heterocycles. The third kappa shape index (κ3) is 14.2. The van der Waals surface area contributed by atoms with E-state index in [0.29, 0.717) is 5.39 Å². The second-order valence-electron chi connectivity index (χ2n) is 12.4. The molecule has 0 saturated carbocycles. The average Bonchev–Trinajstić information content (AvgIpc) is 2.85. The number of benzene rings is 2. The van der Waals surface area contributed by atoms with Crippen molar-refractivity contribution >= 4 is 20.9 Å². The number of rotatable bonds is 21. The maximum Gasteiger partial charge on any atom is 0.295 e. The molecule has 0 atom stereocenters. The van der Waals surface area contributed by atoms with E-state index in [1.165, 1.54) is 83.5 Å². The van der Waals surface area contributed by atoms with Crippen LogP contribution in [-0.2, 0) is 23.0 Å². The Balaban J connectivity index is 0.00000760. The number of aryl methyl sites for hydroxylation is 1. The summed E-state index contributed by atoms with van der Waals surface area (Å²) in [5.41, 5.74) is 1.97. The van der Waals surface area contributed by atoms with Gasteiger partial charge in [-0.25, -0.2) is 0 Å². The highest BCUT2D eigenvalue weighted by Crippen LogP contribution is 2.32. The van der Waals surface area contributed by atoms with Crippen LogP contribution in [0.25, 0.3) is 10.8 Å². The van der Waals surface area contributed by atoms with E-state index in [-0.39, 0.29) is 11.0 Å². The van der Waals surface area contributed by atoms with Crippen LogP contribution in [0.15, 0.2) is 35.2 Å². The van der Waals surface area contributed by atoms with Gasteiger partial charge in [-0.2, -0.15) is 8.42 Å². The third-order valence-corrected chi connectivity index (χ3v) is 8.87. The van der Waals surface area contributed by atoms with Crippen molar-refractivity contribution in [1.82, 2.24) is 6.15 Å². The van der Waals surface area contributed by atoms with Crippen molar-refractivity contribution in [2.75, 3.05) is 0 Å². The Labute approximate surface area is 241 Å². The van der Waals surface area contributed by atoms with Crippen molar-refractivity contribution in [3.05, 3.63) is 41.5 Å². The van der Waals surface area contributed by atoms with Gasteiger partial charge in [0.25, 0.3) is 10.1 Å². The van der Waals surface area contributed by atoms with Gasteiger partial charge >= 0.3 is 0 Å². The molecule has 0 amide bonds. The zero-order chi connectivity index (χ0) is 27.8. The van der Waals surface area contributed by atoms with Gasteiger partial charge < -0.3 is 6.15 Å². The first-order valence-corrected chi connectivity index (χ1v) is 17.1. The number of hydrogen-bond donors (Lipinski definition) is 2. The van der Waals surface area contributed by atoms with Crippen molar-refractivity contribution < 1.29 is 13.0 Å². The summed E-state index contributed by atoms with van der Waals surface area (Å²) in [5, 5.41) is 1.56. The molecule has 0 aliphatic heterocycles. The molecule has 0 fully saturated rings. The van der Waals surface area contributed by atoms with Crippen molar-refractivity contribution in [3.63, 3.8) is 0 Å². The fourth-order valence-corrected chi connectivity index (χ4v) is 6.70. The summed E-state index contributed by atoms with van der Waals surface area (Å²) in [6.45, 7) is 9.17. The van der Waals surface area contributed by atoms with Crippen LogP contribution in [0.4, 0.5) is 0 Å². The largest absolute Gasteiger partial charge is 0.344 e. The minimum Gasteiger partial charge on any atom is -0.344 e. The lowest BCUT2D eigenvalue weighted by Gasteiger charge is -2.17. The molecule has 0 bridgehead atoms. The number of fused-ring (bicyclic) bond motifs is 1. The number of unbranched alkanes of at least 4 members (excludes halogenated alkanes) is 12. The molecule has 2 rings (SSSR count). The summed E-state index contributed by atoms with van der Waals surface area (Å²) in [6.07, 6.45) is 21.5. The van der Waals surface area contributed by atoms with Crippen LogP contribution >= 0.6 is 0 Å². The lowest BCUT2D eigenvalue weighted by Crippen LogP contribution is -2.08. The quantitative estimate of drug-likeness (QED) is 0.117. The first-order valence-electron chi connectivity index (χ1n) is 15.7. The highest BCUT2D eigenvalue weighted by Gasteiger charge is 2.22. The maximum atomic E-state index is 12.6. The van der Waals surface area contributed by atoms with Gasteiger partial charge in [0.1, 0.15) is 4.90 Å². The molecule has 224 valence electrons. The zero-order valence-electron chi connectivity index (χ0n) is 25.6. The maximum absolute atomic E-state index is 12.6. The fraction of sp³-hybridized carbons (Fsp3) is 0.706. The predicted octanol–water partition coefficient (Wildman–Crippen LogP) is 10.9. The van der Waals surface area contributed by atoms with Gasteiger partial charge in [-0.3, -0.25) is 4.55 Å². The Bertz CT molecular complexity index is 1030. The fourth-order valence-electron chi connectivity index (χ4n) is 5.69. The minimum atomic E-state index is -4.30. The molecule has 0 radical (unpaired) electrons. The first kappa shape index (κ1) is 35.6. The Hall–Kier alpha value is -1.43. The summed E-state index contributed by atoms with van der Waals surface area (Å²) in [4.78, 5) is 0.157. The molecule has 0 unspecified atom stereocenters. The molecule has 5 heteroatoms. The SMILES string of the molecule is CC(C)CCCCCCCCCc1cc2ccccc2c(S(=O)(=O)O)c1CCCCCCCCCC(C)C.N. The van der Waals surface area contributed by atoms with Gasteiger partial charge in [-0.05, 0) is 54.0 Å². The van der Waals surface area contributed by atoms with Crippen LogP contribution in [0, 0.1) is 11.8 Å². The normalized spacial score (nSPS) is 12.0. The third-order valence-electron chi connectivity index (χ3n) is 7.89. The second kappa shape index (κ2) is 19.6. The molecule has 0 spiro atoms. The van der Waals surface area contributed by atoms with Crippen molar-refractivity contribution in [2.45, 2.75) is 148 Å². The van der Waals surface area contributed by atoms with E-state index < -0.39 is 10.1 Å². The van der Waals surface area contributed by atoms with Crippen LogP contribution in [0.3, 0.4) is 0 Å². The van der Waals surface area contributed by atoms with Gasteiger partial charge in [0, 0.05) is 5.39 Å². The van der Waals surface area contributed by atoms with Crippen LogP contribution < -0.4 is 6.15 Å². The van der Waals surface area contributed by atoms with E-state index in [4.69, 9.17) is 0 Å². The highest BCUT2D eigenvalue weighted by atomic mass is 32.2. The summed E-state index contributed by atoms with van der Waals surface area (Å²) < 4.78 is 35.5. The smallest absolute Gasteiger partial charge is 0.295 e. The summed E-state index contributed by atoms with van der Waals surface area (Å²) in [6, 6.07) is 9.79. The summed E-state index contributed by atoms with van der Waals surface area (Å²) >= 11 is 0. The van der Waals surface area contributed by atoms with E-state index in [0.717, 1.165) is 60.5 Å². The van der Waals surface area contributed by atoms with Crippen molar-refractivity contribution in [2.24, 2.45) is 11.8 Å². The standard InChI is InChI=1S/C34H56O3S.H3N/c1-28(2)21-15-11-7-5-9-13-17-23-30-27-31-24-19-20-26-33(31)34(38(35,36)37)32(30)25-18-14-10-6-8-12-16-22-29(3)4;/h19-20,24,26-29H,5-18,21-23,25H2,1-4H3,(H,35,36,37);1H3. The zero-order valence-corrected chi connectivity index (χ0v) is 26.5. The average molecular weight is 562 g/mol. The Kier molecular flexibility index (Phi) is 17.9. The van der Waals surface area contributed by atoms with Gasteiger partial charge in [-0.1, -0.05) is 148 Å². The Morgan fingerprint density at radius 1 is 0.641 bits per heavy atom. The molecule has 39 heavy (non-hydrogen) atoms. The van der Waals surface area contributed by atoms with E-state index in [1.807, 2.05) is 24.3 Å². The molecule has 0 aromatic heterocycles. The molecule has 0 saturated heterocycles. The van der Waals surface area contributed by atoms with Gasteiger partial charge in [0.05, 0.1) is 0 Å². The Morgan fingerprint density at radius 3 is 1.56 bits per heavy atom. The molecular formula is C34H59NO3S. The van der Waals surface area contributed by atoms with Crippen LogP contribution in [-0.4, -0.2) is 13.0 Å². The molecule has 0 aliphatic rings. The van der Waals surface area contributed by atoms with Gasteiger partial charge in [0.15, 0.2) is 0 Å². The summed E-state index contributed by atoms with van der Waals surface area (Å²) in [7, 11) is -4.30. The molecule has 0 aliphatic carbocycles. The van der Waals surface area contributed by atoms with Crippen molar-refractivity contribution in [3.8, 4) is 0 Å². The van der Waals surface area contributed by atoms with Gasteiger partial charge in [0.2, 0.25) is 0 Å². The van der Waals surface area contributed by atoms with E-state index in [9.17, 15) is 13.0 Å². The van der Waals surface area contributed by atoms with E-state index in [2.05, 4.69) is 33.8 Å². The molecule has 2 aromatic carbocycles. The topological polar surface area (TPSA) is 89.4 Å². The monoisotopic (exact) mass is 561 g/mol. The first-order chi connectivity index (χ1) is 18.2. The lowest BCUT2D eigenvalue weighted by atomic mass is 9.93. The van der Waals surface area contributed by atoms with Gasteiger partial charge in [-0.15, -0.1) is 0 Å². The summed E-state index contributed by atoms with van der Waals surface area (Å²) in [5.74, 6) is 1.60. The highest BCUT2D eigenvalue weighted by molar-refractivity contribution is 7.86. The molecule has 4 N–H and O–H groups in total. The van der Waals surface area contributed by atoms with Crippen molar-refractivity contribution in [1.29, 1.82) is 0 Å². The predicted molar refractivity (Wildman–Crippen MR) is 170 cm³/mol. The van der Waals surface area contributed by atoms with Crippen LogP contribution in [0.2, 0.25) is 0 Å². The van der Waals surface area contributed by atoms with E-state index >= 15 is 0 Å². The number of hydrogen-bond acceptors (Lipinski definition) is 3. The minimum absolute atomic E-state index is 0. The lowest BCUT2D eigenvalue weighted by molar-refractivity contribution is 0.482.